The van der Waals surface area contributed by atoms with E-state index in [1.165, 1.54) is 5.56 Å². The summed E-state index contributed by atoms with van der Waals surface area (Å²) in [4.78, 5) is 4.59. The van der Waals surface area contributed by atoms with Crippen molar-refractivity contribution in [2.24, 2.45) is 4.99 Å². The van der Waals surface area contributed by atoms with E-state index in [1.54, 1.807) is 14.2 Å². The van der Waals surface area contributed by atoms with E-state index in [1.807, 2.05) is 24.3 Å². The van der Waals surface area contributed by atoms with Gasteiger partial charge in [-0.25, -0.2) is 0 Å². The van der Waals surface area contributed by atoms with Crippen molar-refractivity contribution in [2.45, 2.75) is 6.42 Å². The lowest BCUT2D eigenvalue weighted by Gasteiger charge is -2.18. The minimum Gasteiger partial charge on any atom is -0.493 e. The van der Waals surface area contributed by atoms with Crippen molar-refractivity contribution < 1.29 is 13.9 Å². The molecule has 0 spiro atoms. The molecule has 3 rings (SSSR count). The number of furan rings is 1. The number of rotatable bonds is 3. The molecule has 1 aliphatic rings. The molecule has 1 aliphatic heterocycles. The molecule has 0 bridgehead atoms. The number of methoxy groups -OCH3 is 2. The van der Waals surface area contributed by atoms with Gasteiger partial charge in [-0.05, 0) is 52.2 Å². The molecule has 1 aromatic carbocycles. The van der Waals surface area contributed by atoms with Crippen LogP contribution in [0.5, 0.6) is 11.5 Å². The number of halogens is 1. The molecule has 0 atom stereocenters. The van der Waals surface area contributed by atoms with Crippen molar-refractivity contribution >= 4 is 21.6 Å². The van der Waals surface area contributed by atoms with Gasteiger partial charge in [0.25, 0.3) is 0 Å². The van der Waals surface area contributed by atoms with Gasteiger partial charge in [0.05, 0.1) is 14.2 Å². The Hall–Kier alpha value is -1.75. The van der Waals surface area contributed by atoms with Gasteiger partial charge in [-0.15, -0.1) is 0 Å². The van der Waals surface area contributed by atoms with E-state index in [9.17, 15) is 0 Å². The van der Waals surface area contributed by atoms with E-state index < -0.39 is 0 Å². The molecule has 0 amide bonds. The van der Waals surface area contributed by atoms with Gasteiger partial charge in [-0.2, -0.15) is 0 Å². The molecule has 0 saturated heterocycles. The molecule has 0 unspecified atom stereocenters. The maximum absolute atomic E-state index is 5.62. The van der Waals surface area contributed by atoms with Gasteiger partial charge in [0, 0.05) is 12.1 Å². The first-order valence-electron chi connectivity index (χ1n) is 6.28. The van der Waals surface area contributed by atoms with Crippen LogP contribution in [0.15, 0.2) is 38.3 Å². The van der Waals surface area contributed by atoms with E-state index in [4.69, 9.17) is 13.9 Å². The summed E-state index contributed by atoms with van der Waals surface area (Å²) in [5, 5.41) is 0. The van der Waals surface area contributed by atoms with E-state index in [0.717, 1.165) is 35.8 Å². The van der Waals surface area contributed by atoms with Gasteiger partial charge in [-0.3, -0.25) is 4.99 Å². The fourth-order valence-electron chi connectivity index (χ4n) is 2.37. The third-order valence-corrected chi connectivity index (χ3v) is 3.75. The Kier molecular flexibility index (Phi) is 3.53. The molecule has 20 heavy (non-hydrogen) atoms. The van der Waals surface area contributed by atoms with Gasteiger partial charge in [0.15, 0.2) is 21.9 Å². The van der Waals surface area contributed by atoms with Gasteiger partial charge in [-0.1, -0.05) is 0 Å². The maximum atomic E-state index is 5.62. The molecule has 0 fully saturated rings. The van der Waals surface area contributed by atoms with Crippen LogP contribution < -0.4 is 9.47 Å². The Morgan fingerprint density at radius 2 is 1.90 bits per heavy atom. The molecule has 2 aromatic rings. The second kappa shape index (κ2) is 5.32. The Morgan fingerprint density at radius 3 is 2.55 bits per heavy atom. The zero-order valence-corrected chi connectivity index (χ0v) is 12.9. The summed E-state index contributed by atoms with van der Waals surface area (Å²) in [7, 11) is 3.28. The second-order valence-corrected chi connectivity index (χ2v) is 5.23. The van der Waals surface area contributed by atoms with Crippen LogP contribution in [0.1, 0.15) is 16.9 Å². The van der Waals surface area contributed by atoms with Crippen LogP contribution in [0.4, 0.5) is 0 Å². The maximum Gasteiger partial charge on any atom is 0.169 e. The number of hydrogen-bond donors (Lipinski definition) is 0. The number of ether oxygens (including phenoxy) is 2. The molecule has 4 nitrogen and oxygen atoms in total. The molecule has 0 radical (unpaired) electrons. The first-order chi connectivity index (χ1) is 9.72. The molecule has 0 aliphatic carbocycles. The number of hydrogen-bond acceptors (Lipinski definition) is 4. The largest absolute Gasteiger partial charge is 0.493 e. The monoisotopic (exact) mass is 335 g/mol. The Morgan fingerprint density at radius 1 is 1.15 bits per heavy atom. The normalized spacial score (nSPS) is 13.7. The van der Waals surface area contributed by atoms with Crippen LogP contribution >= 0.6 is 15.9 Å². The number of aliphatic imine (C=N–C) groups is 1. The summed E-state index contributed by atoms with van der Waals surface area (Å²) in [6.07, 6.45) is 0.890. The molecule has 2 heterocycles. The van der Waals surface area contributed by atoms with Crippen molar-refractivity contribution in [3.8, 4) is 11.5 Å². The highest BCUT2D eigenvalue weighted by Gasteiger charge is 2.21. The summed E-state index contributed by atoms with van der Waals surface area (Å²) in [6, 6.07) is 7.75. The van der Waals surface area contributed by atoms with Crippen LogP contribution in [-0.4, -0.2) is 26.5 Å². The van der Waals surface area contributed by atoms with Gasteiger partial charge < -0.3 is 13.9 Å². The van der Waals surface area contributed by atoms with E-state index in [2.05, 4.69) is 20.9 Å². The van der Waals surface area contributed by atoms with Crippen LogP contribution in [-0.2, 0) is 6.42 Å². The first kappa shape index (κ1) is 13.2. The van der Waals surface area contributed by atoms with Crippen molar-refractivity contribution in [2.75, 3.05) is 20.8 Å². The third kappa shape index (κ3) is 2.22. The third-order valence-electron chi connectivity index (χ3n) is 3.32. The lowest BCUT2D eigenvalue weighted by Crippen LogP contribution is -2.14. The molecule has 5 heteroatoms. The lowest BCUT2D eigenvalue weighted by molar-refractivity contribution is 0.354. The predicted octanol–water partition coefficient (Wildman–Crippen LogP) is 3.45. The Labute approximate surface area is 125 Å². The fourth-order valence-corrected chi connectivity index (χ4v) is 2.68. The average molecular weight is 336 g/mol. The van der Waals surface area contributed by atoms with Crippen molar-refractivity contribution in [1.82, 2.24) is 0 Å². The fraction of sp³-hybridized carbons (Fsp3) is 0.267. The van der Waals surface area contributed by atoms with Crippen LogP contribution in [0.25, 0.3) is 0 Å². The van der Waals surface area contributed by atoms with Gasteiger partial charge >= 0.3 is 0 Å². The first-order valence-corrected chi connectivity index (χ1v) is 7.07. The summed E-state index contributed by atoms with van der Waals surface area (Å²) in [6.45, 7) is 0.746. The standard InChI is InChI=1S/C15H14BrNO3/c1-18-12-7-9-5-6-17-15(10(9)8-13(12)19-2)11-3-4-14(16)20-11/h3-4,7-8H,5-6H2,1-2H3. The summed E-state index contributed by atoms with van der Waals surface area (Å²) in [5.74, 6) is 2.20. The number of nitrogens with zero attached hydrogens (tertiary/aromatic N) is 1. The van der Waals surface area contributed by atoms with Crippen molar-refractivity contribution in [1.29, 1.82) is 0 Å². The summed E-state index contributed by atoms with van der Waals surface area (Å²) >= 11 is 3.32. The second-order valence-electron chi connectivity index (χ2n) is 4.45. The van der Waals surface area contributed by atoms with Gasteiger partial charge in [0.1, 0.15) is 5.71 Å². The summed E-state index contributed by atoms with van der Waals surface area (Å²) < 4.78 is 17.0. The number of fused-ring (bicyclic) bond motifs is 1. The molecule has 0 N–H and O–H groups in total. The minimum absolute atomic E-state index is 0.697. The topological polar surface area (TPSA) is 44.0 Å². The molecule has 0 saturated carbocycles. The van der Waals surface area contributed by atoms with E-state index >= 15 is 0 Å². The molecular formula is C15H14BrNO3. The Bertz CT molecular complexity index is 676. The molecular weight excluding hydrogens is 322 g/mol. The van der Waals surface area contributed by atoms with E-state index in [0.29, 0.717) is 10.4 Å². The highest BCUT2D eigenvalue weighted by Crippen LogP contribution is 2.34. The van der Waals surface area contributed by atoms with Crippen molar-refractivity contribution in [3.05, 3.63) is 45.8 Å². The number of benzene rings is 1. The zero-order valence-electron chi connectivity index (χ0n) is 11.3. The smallest absolute Gasteiger partial charge is 0.169 e. The van der Waals surface area contributed by atoms with Gasteiger partial charge in [0.2, 0.25) is 0 Å². The summed E-state index contributed by atoms with van der Waals surface area (Å²) in [5.41, 5.74) is 3.09. The molecule has 1 aromatic heterocycles. The van der Waals surface area contributed by atoms with Crippen LogP contribution in [0.3, 0.4) is 0 Å². The lowest BCUT2D eigenvalue weighted by atomic mass is 9.95. The zero-order chi connectivity index (χ0) is 14.1. The highest BCUT2D eigenvalue weighted by atomic mass is 79.9. The van der Waals surface area contributed by atoms with Crippen LogP contribution in [0.2, 0.25) is 0 Å². The SMILES string of the molecule is COc1cc2c(cc1OC)C(c1ccc(Br)o1)=NCC2. The molecule has 104 valence electrons. The Balaban J connectivity index is 2.12. The predicted molar refractivity (Wildman–Crippen MR) is 80.2 cm³/mol. The average Bonchev–Trinajstić information content (AvgIpc) is 2.91. The quantitative estimate of drug-likeness (QED) is 0.862. The van der Waals surface area contributed by atoms with E-state index in [-0.39, 0.29) is 0 Å². The highest BCUT2D eigenvalue weighted by molar-refractivity contribution is 9.10. The van der Waals surface area contributed by atoms with Crippen molar-refractivity contribution in [3.63, 3.8) is 0 Å². The minimum atomic E-state index is 0.697. The van der Waals surface area contributed by atoms with Crippen LogP contribution in [0, 0.1) is 0 Å².